The molecule has 158 valence electrons. The molecule has 6 heteroatoms. The van der Waals surface area contributed by atoms with Crippen molar-refractivity contribution in [1.29, 1.82) is 5.26 Å². The number of nitriles is 1. The molecule has 0 aliphatic rings. The second-order valence-electron chi connectivity index (χ2n) is 7.59. The van der Waals surface area contributed by atoms with Crippen molar-refractivity contribution in [2.24, 2.45) is 0 Å². The molecular formula is C25H24N2O4. The van der Waals surface area contributed by atoms with Crippen LogP contribution in [0.4, 0.5) is 0 Å². The topological polar surface area (TPSA) is 92.3 Å². The molecule has 0 spiro atoms. The molecule has 1 N–H and O–H groups in total. The molecule has 3 rings (SSSR count). The molecule has 0 aliphatic heterocycles. The second kappa shape index (κ2) is 8.88. The lowest BCUT2D eigenvalue weighted by atomic mass is 9.96. The Morgan fingerprint density at radius 2 is 1.68 bits per heavy atom. The van der Waals surface area contributed by atoms with Crippen LogP contribution < -0.4 is 10.3 Å². The molecule has 0 radical (unpaired) electrons. The van der Waals surface area contributed by atoms with Gasteiger partial charge in [0.25, 0.3) is 5.56 Å². The van der Waals surface area contributed by atoms with Crippen molar-refractivity contribution in [3.8, 4) is 17.7 Å². The Balaban J connectivity index is 2.15. The molecule has 2 aromatic carbocycles. The third-order valence-electron chi connectivity index (χ3n) is 5.13. The largest absolute Gasteiger partial charge is 0.494 e. The van der Waals surface area contributed by atoms with Crippen LogP contribution in [0.5, 0.6) is 11.6 Å². The minimum Gasteiger partial charge on any atom is -0.494 e. The Morgan fingerprint density at radius 3 is 2.23 bits per heavy atom. The molecule has 0 amide bonds. The van der Waals surface area contributed by atoms with Gasteiger partial charge in [0.15, 0.2) is 5.78 Å². The summed E-state index contributed by atoms with van der Waals surface area (Å²) in [6.07, 6.45) is -0.00550. The van der Waals surface area contributed by atoms with Crippen LogP contribution in [0.2, 0.25) is 0 Å². The molecule has 1 heterocycles. The number of carbonyl (C=O) groups is 1. The van der Waals surface area contributed by atoms with E-state index < -0.39 is 23.3 Å². The zero-order valence-corrected chi connectivity index (χ0v) is 17.9. The number of pyridine rings is 1. The number of ketones is 1. The number of hydrogen-bond donors (Lipinski definition) is 1. The van der Waals surface area contributed by atoms with Gasteiger partial charge in [-0.05, 0) is 63.1 Å². The van der Waals surface area contributed by atoms with Crippen LogP contribution in [0.1, 0.15) is 59.4 Å². The van der Waals surface area contributed by atoms with E-state index in [1.165, 1.54) is 6.92 Å². The summed E-state index contributed by atoms with van der Waals surface area (Å²) < 4.78 is 6.71. The van der Waals surface area contributed by atoms with Crippen molar-refractivity contribution < 1.29 is 14.6 Å². The first-order valence-corrected chi connectivity index (χ1v) is 10.0. The first-order valence-electron chi connectivity index (χ1n) is 10.0. The fraction of sp³-hybridized carbons (Fsp3) is 0.240. The molecule has 3 aromatic rings. The zero-order chi connectivity index (χ0) is 22.7. The highest BCUT2D eigenvalue weighted by Gasteiger charge is 2.27. The van der Waals surface area contributed by atoms with Crippen molar-refractivity contribution in [3.05, 3.63) is 92.8 Å². The highest BCUT2D eigenvalue weighted by molar-refractivity contribution is 6.11. The van der Waals surface area contributed by atoms with Crippen molar-refractivity contribution in [3.63, 3.8) is 0 Å². The summed E-state index contributed by atoms with van der Waals surface area (Å²) in [5.41, 5.74) is 0.387. The molecule has 31 heavy (non-hydrogen) atoms. The predicted octanol–water partition coefficient (Wildman–Crippen LogP) is 4.36. The van der Waals surface area contributed by atoms with Gasteiger partial charge >= 0.3 is 0 Å². The lowest BCUT2D eigenvalue weighted by Gasteiger charge is -2.21. The maximum atomic E-state index is 13.3. The number of ether oxygens (including phenoxy) is 1. The van der Waals surface area contributed by atoms with Gasteiger partial charge in [0.05, 0.1) is 17.7 Å². The number of aromatic hydroxyl groups is 1. The Bertz CT molecular complexity index is 1200. The third kappa shape index (κ3) is 4.22. The van der Waals surface area contributed by atoms with E-state index >= 15 is 0 Å². The molecule has 0 fully saturated rings. The second-order valence-corrected chi connectivity index (χ2v) is 7.59. The maximum Gasteiger partial charge on any atom is 0.272 e. The Kier molecular flexibility index (Phi) is 6.26. The van der Waals surface area contributed by atoms with E-state index in [9.17, 15) is 20.0 Å². The number of aromatic nitrogens is 1. The van der Waals surface area contributed by atoms with Gasteiger partial charge in [-0.3, -0.25) is 14.2 Å². The van der Waals surface area contributed by atoms with Crippen molar-refractivity contribution in [1.82, 2.24) is 4.57 Å². The summed E-state index contributed by atoms with van der Waals surface area (Å²) in [5, 5.41) is 20.6. The van der Waals surface area contributed by atoms with Gasteiger partial charge in [0, 0.05) is 5.56 Å². The van der Waals surface area contributed by atoms with E-state index in [1.807, 2.05) is 50.2 Å². The highest BCUT2D eigenvalue weighted by Crippen LogP contribution is 2.30. The minimum atomic E-state index is -0.633. The highest BCUT2D eigenvalue weighted by atomic mass is 16.5. The van der Waals surface area contributed by atoms with E-state index in [0.717, 1.165) is 10.1 Å². The Labute approximate surface area is 181 Å². The van der Waals surface area contributed by atoms with E-state index in [4.69, 9.17) is 4.74 Å². The van der Waals surface area contributed by atoms with E-state index in [1.54, 1.807) is 31.2 Å². The lowest BCUT2D eigenvalue weighted by molar-refractivity contribution is 0.103. The first-order chi connectivity index (χ1) is 14.8. The average molecular weight is 416 g/mol. The van der Waals surface area contributed by atoms with Crippen LogP contribution in [0, 0.1) is 18.3 Å². The smallest absolute Gasteiger partial charge is 0.272 e. The number of nitrogens with zero attached hydrogens (tertiary/aromatic N) is 2. The molecule has 0 saturated carbocycles. The van der Waals surface area contributed by atoms with Gasteiger partial charge in [-0.25, -0.2) is 0 Å². The van der Waals surface area contributed by atoms with Gasteiger partial charge in [-0.2, -0.15) is 5.26 Å². The van der Waals surface area contributed by atoms with Crippen molar-refractivity contribution >= 4 is 5.78 Å². The summed E-state index contributed by atoms with van der Waals surface area (Å²) in [5.74, 6) is -0.310. The fourth-order valence-corrected chi connectivity index (χ4v) is 3.54. The maximum absolute atomic E-state index is 13.3. The zero-order valence-electron chi connectivity index (χ0n) is 17.9. The monoisotopic (exact) mass is 416 g/mol. The van der Waals surface area contributed by atoms with Gasteiger partial charge in [0.2, 0.25) is 5.88 Å². The first kappa shape index (κ1) is 21.8. The molecule has 6 nitrogen and oxygen atoms in total. The molecule has 0 aliphatic carbocycles. The summed E-state index contributed by atoms with van der Waals surface area (Å²) in [6, 6.07) is 17.0. The molecular weight excluding hydrogens is 392 g/mol. The average Bonchev–Trinajstić information content (AvgIpc) is 2.74. The normalized spacial score (nSPS) is 11.7. The van der Waals surface area contributed by atoms with Crippen molar-refractivity contribution in [2.45, 2.75) is 39.8 Å². The molecule has 0 saturated heterocycles. The molecule has 0 bridgehead atoms. The van der Waals surface area contributed by atoms with Crippen LogP contribution in [0.25, 0.3) is 0 Å². The van der Waals surface area contributed by atoms with Crippen LogP contribution in [0.3, 0.4) is 0 Å². The van der Waals surface area contributed by atoms with Gasteiger partial charge in [-0.1, -0.05) is 30.3 Å². The van der Waals surface area contributed by atoms with Gasteiger partial charge < -0.3 is 9.84 Å². The number of carbonyl (C=O) groups excluding carboxylic acids is 1. The summed E-state index contributed by atoms with van der Waals surface area (Å²) in [6.45, 7) is 7.04. The van der Waals surface area contributed by atoms with E-state index in [2.05, 4.69) is 0 Å². The van der Waals surface area contributed by atoms with Crippen LogP contribution in [0.15, 0.2) is 59.4 Å². The molecule has 1 aromatic heterocycles. The Hall–Kier alpha value is -3.85. The summed E-state index contributed by atoms with van der Waals surface area (Å²) in [7, 11) is 0. The fourth-order valence-electron chi connectivity index (χ4n) is 3.54. The minimum absolute atomic E-state index is 0.00550. The Morgan fingerprint density at radius 1 is 1.06 bits per heavy atom. The quantitative estimate of drug-likeness (QED) is 0.603. The van der Waals surface area contributed by atoms with E-state index in [-0.39, 0.29) is 22.8 Å². The summed E-state index contributed by atoms with van der Waals surface area (Å²) >= 11 is 0. The van der Waals surface area contributed by atoms with Crippen LogP contribution in [-0.2, 0) is 0 Å². The summed E-state index contributed by atoms with van der Waals surface area (Å²) in [4.78, 5) is 26.3. The molecule has 1 unspecified atom stereocenters. The van der Waals surface area contributed by atoms with Crippen molar-refractivity contribution in [2.75, 3.05) is 0 Å². The molecule has 1 atom stereocenters. The SMILES string of the molecule is Cc1c(C(=O)c2ccc(OC(C)C)cc2)c(O)n(C(C)c2ccccc2)c(=O)c1C#N. The van der Waals surface area contributed by atoms with Crippen LogP contribution >= 0.6 is 0 Å². The number of benzene rings is 2. The van der Waals surface area contributed by atoms with E-state index in [0.29, 0.717) is 11.3 Å². The standard InChI is InChI=1S/C25H24N2O4/c1-15(2)31-20-12-10-19(11-13-20)23(28)22-16(3)21(14-26)24(29)27(25(22)30)17(4)18-8-6-5-7-9-18/h5-13,15,17,30H,1-4H3. The number of hydrogen-bond acceptors (Lipinski definition) is 5. The van der Waals surface area contributed by atoms with Gasteiger partial charge in [-0.15, -0.1) is 0 Å². The van der Waals surface area contributed by atoms with Gasteiger partial charge in [0.1, 0.15) is 17.4 Å². The number of rotatable bonds is 6. The predicted molar refractivity (Wildman–Crippen MR) is 118 cm³/mol. The third-order valence-corrected chi connectivity index (χ3v) is 5.13. The lowest BCUT2D eigenvalue weighted by Crippen LogP contribution is -2.29. The van der Waals surface area contributed by atoms with Crippen LogP contribution in [-0.4, -0.2) is 21.6 Å².